The fraction of sp³-hybridized carbons (Fsp3) is 0.435. The van der Waals surface area contributed by atoms with E-state index in [2.05, 4.69) is 4.98 Å². The molecule has 0 atom stereocenters. The standard InChI is InChI=1S/C23H27N3O4/c27-22(26-12-14-29-15-13-26)19-3-5-21(6-4-19)30-17-18-7-10-25(11-8-18)23(28)20-2-1-9-24-16-20/h1-6,9,16,18H,7-8,10-15,17H2. The third-order valence-corrected chi connectivity index (χ3v) is 5.70. The number of ether oxygens (including phenoxy) is 2. The predicted molar refractivity (Wildman–Crippen MR) is 112 cm³/mol. The monoisotopic (exact) mass is 409 g/mol. The topological polar surface area (TPSA) is 72.0 Å². The molecular formula is C23H27N3O4. The van der Waals surface area contributed by atoms with Crippen molar-refractivity contribution in [3.05, 3.63) is 59.9 Å². The van der Waals surface area contributed by atoms with Gasteiger partial charge in [-0.1, -0.05) is 0 Å². The van der Waals surface area contributed by atoms with Gasteiger partial charge in [0, 0.05) is 44.1 Å². The SMILES string of the molecule is O=C(c1ccc(OCC2CCN(C(=O)c3cccnc3)CC2)cc1)N1CCOCC1. The first-order chi connectivity index (χ1) is 14.7. The van der Waals surface area contributed by atoms with E-state index < -0.39 is 0 Å². The molecule has 0 bridgehead atoms. The third-order valence-electron chi connectivity index (χ3n) is 5.70. The Morgan fingerprint density at radius 2 is 1.60 bits per heavy atom. The molecule has 2 aromatic rings. The number of hydrogen-bond donors (Lipinski definition) is 0. The molecule has 0 radical (unpaired) electrons. The molecule has 0 aliphatic carbocycles. The second-order valence-electron chi connectivity index (χ2n) is 7.72. The molecule has 2 amide bonds. The average molecular weight is 409 g/mol. The molecule has 7 nitrogen and oxygen atoms in total. The van der Waals surface area contributed by atoms with Gasteiger partial charge in [-0.15, -0.1) is 0 Å². The highest BCUT2D eigenvalue weighted by Gasteiger charge is 2.24. The average Bonchev–Trinajstić information content (AvgIpc) is 2.83. The van der Waals surface area contributed by atoms with Crippen LogP contribution in [0.25, 0.3) is 0 Å². The van der Waals surface area contributed by atoms with Crippen LogP contribution in [-0.4, -0.2) is 72.6 Å². The fourth-order valence-corrected chi connectivity index (χ4v) is 3.83. The first-order valence-electron chi connectivity index (χ1n) is 10.5. The van der Waals surface area contributed by atoms with Crippen LogP contribution < -0.4 is 4.74 Å². The van der Waals surface area contributed by atoms with E-state index in [1.54, 1.807) is 24.5 Å². The van der Waals surface area contributed by atoms with Crippen molar-refractivity contribution in [3.8, 4) is 5.75 Å². The minimum atomic E-state index is 0.0375. The molecule has 2 aliphatic heterocycles. The minimum Gasteiger partial charge on any atom is -0.493 e. The summed E-state index contributed by atoms with van der Waals surface area (Å²) in [5.74, 6) is 1.26. The van der Waals surface area contributed by atoms with Crippen LogP contribution in [0.15, 0.2) is 48.8 Å². The van der Waals surface area contributed by atoms with Gasteiger partial charge in [0.1, 0.15) is 5.75 Å². The number of carbonyl (C=O) groups is 2. The summed E-state index contributed by atoms with van der Waals surface area (Å²) in [4.78, 5) is 32.7. The van der Waals surface area contributed by atoms with Crippen molar-refractivity contribution in [1.29, 1.82) is 0 Å². The van der Waals surface area contributed by atoms with Crippen LogP contribution in [0, 0.1) is 5.92 Å². The van der Waals surface area contributed by atoms with Crippen molar-refractivity contribution in [1.82, 2.24) is 14.8 Å². The normalized spacial score (nSPS) is 17.6. The van der Waals surface area contributed by atoms with E-state index in [0.717, 1.165) is 31.7 Å². The molecule has 1 aromatic carbocycles. The van der Waals surface area contributed by atoms with Crippen LogP contribution in [0.3, 0.4) is 0 Å². The van der Waals surface area contributed by atoms with E-state index in [1.807, 2.05) is 34.1 Å². The summed E-state index contributed by atoms with van der Waals surface area (Å²) in [6.45, 7) is 4.55. The zero-order chi connectivity index (χ0) is 20.8. The molecule has 30 heavy (non-hydrogen) atoms. The van der Waals surface area contributed by atoms with Gasteiger partial charge in [-0.25, -0.2) is 0 Å². The van der Waals surface area contributed by atoms with Crippen LogP contribution in [0.4, 0.5) is 0 Å². The van der Waals surface area contributed by atoms with Crippen LogP contribution in [0.5, 0.6) is 5.75 Å². The molecule has 2 fully saturated rings. The Hall–Kier alpha value is -2.93. The lowest BCUT2D eigenvalue weighted by atomic mass is 9.97. The summed E-state index contributed by atoms with van der Waals surface area (Å²) in [6, 6.07) is 10.9. The van der Waals surface area contributed by atoms with E-state index in [0.29, 0.717) is 50.0 Å². The summed E-state index contributed by atoms with van der Waals surface area (Å²) in [5, 5.41) is 0. The van der Waals surface area contributed by atoms with Crippen LogP contribution in [-0.2, 0) is 4.74 Å². The van der Waals surface area contributed by atoms with Crippen LogP contribution >= 0.6 is 0 Å². The highest BCUT2D eigenvalue weighted by atomic mass is 16.5. The van der Waals surface area contributed by atoms with E-state index in [1.165, 1.54) is 0 Å². The van der Waals surface area contributed by atoms with Gasteiger partial charge in [0.2, 0.25) is 0 Å². The van der Waals surface area contributed by atoms with Gasteiger partial charge in [0.25, 0.3) is 11.8 Å². The molecule has 3 heterocycles. The number of likely N-dealkylation sites (tertiary alicyclic amines) is 1. The highest BCUT2D eigenvalue weighted by Crippen LogP contribution is 2.21. The summed E-state index contributed by atoms with van der Waals surface area (Å²) >= 11 is 0. The van der Waals surface area contributed by atoms with Crippen molar-refractivity contribution >= 4 is 11.8 Å². The molecule has 0 saturated carbocycles. The molecule has 0 N–H and O–H groups in total. The quantitative estimate of drug-likeness (QED) is 0.759. The van der Waals surface area contributed by atoms with Crippen molar-refractivity contribution in [2.75, 3.05) is 46.0 Å². The molecule has 7 heteroatoms. The first kappa shape index (κ1) is 20.3. The van der Waals surface area contributed by atoms with Gasteiger partial charge in [-0.05, 0) is 55.2 Å². The van der Waals surface area contributed by atoms with E-state index in [-0.39, 0.29) is 11.8 Å². The summed E-state index contributed by atoms with van der Waals surface area (Å²) < 4.78 is 11.2. The number of rotatable bonds is 5. The van der Waals surface area contributed by atoms with Crippen molar-refractivity contribution in [3.63, 3.8) is 0 Å². The lowest BCUT2D eigenvalue weighted by molar-refractivity contribution is 0.0303. The molecule has 2 aliphatic rings. The van der Waals surface area contributed by atoms with E-state index in [4.69, 9.17) is 9.47 Å². The number of aromatic nitrogens is 1. The van der Waals surface area contributed by atoms with Gasteiger partial charge in [-0.2, -0.15) is 0 Å². The Labute approximate surface area is 176 Å². The molecule has 2 saturated heterocycles. The van der Waals surface area contributed by atoms with Crippen LogP contribution in [0.1, 0.15) is 33.6 Å². The molecule has 0 unspecified atom stereocenters. The third kappa shape index (κ3) is 4.97. The number of benzene rings is 1. The Bertz CT molecular complexity index is 843. The Kier molecular flexibility index (Phi) is 6.59. The molecular weight excluding hydrogens is 382 g/mol. The fourth-order valence-electron chi connectivity index (χ4n) is 3.83. The molecule has 158 valence electrons. The highest BCUT2D eigenvalue weighted by molar-refractivity contribution is 5.94. The predicted octanol–water partition coefficient (Wildman–Crippen LogP) is 2.49. The number of piperidine rings is 1. The van der Waals surface area contributed by atoms with Gasteiger partial charge in [-0.3, -0.25) is 14.6 Å². The van der Waals surface area contributed by atoms with Gasteiger partial charge in [0.15, 0.2) is 0 Å². The second-order valence-corrected chi connectivity index (χ2v) is 7.72. The number of nitrogens with zero attached hydrogens (tertiary/aromatic N) is 3. The number of amides is 2. The number of morpholine rings is 1. The largest absolute Gasteiger partial charge is 0.493 e. The maximum absolute atomic E-state index is 12.5. The first-order valence-corrected chi connectivity index (χ1v) is 10.5. The number of carbonyl (C=O) groups excluding carboxylic acids is 2. The van der Waals surface area contributed by atoms with Crippen molar-refractivity contribution < 1.29 is 19.1 Å². The van der Waals surface area contributed by atoms with Gasteiger partial charge in [0.05, 0.1) is 25.4 Å². The smallest absolute Gasteiger partial charge is 0.255 e. The second kappa shape index (κ2) is 9.71. The molecule has 4 rings (SSSR count). The van der Waals surface area contributed by atoms with Gasteiger partial charge >= 0.3 is 0 Å². The molecule has 0 spiro atoms. The van der Waals surface area contributed by atoms with Crippen molar-refractivity contribution in [2.24, 2.45) is 5.92 Å². The zero-order valence-electron chi connectivity index (χ0n) is 17.0. The lowest BCUT2D eigenvalue weighted by Crippen LogP contribution is -2.40. The Morgan fingerprint density at radius 1 is 0.933 bits per heavy atom. The number of hydrogen-bond acceptors (Lipinski definition) is 5. The maximum atomic E-state index is 12.5. The summed E-state index contributed by atoms with van der Waals surface area (Å²) in [7, 11) is 0. The van der Waals surface area contributed by atoms with E-state index >= 15 is 0 Å². The zero-order valence-corrected chi connectivity index (χ0v) is 17.0. The Balaban J connectivity index is 1.23. The summed E-state index contributed by atoms with van der Waals surface area (Å²) in [5.41, 5.74) is 1.31. The van der Waals surface area contributed by atoms with Gasteiger partial charge < -0.3 is 19.3 Å². The van der Waals surface area contributed by atoms with Crippen LogP contribution in [0.2, 0.25) is 0 Å². The minimum absolute atomic E-state index is 0.0375. The van der Waals surface area contributed by atoms with Crippen molar-refractivity contribution in [2.45, 2.75) is 12.8 Å². The molecule has 1 aromatic heterocycles. The Morgan fingerprint density at radius 3 is 2.27 bits per heavy atom. The maximum Gasteiger partial charge on any atom is 0.255 e. The van der Waals surface area contributed by atoms with E-state index in [9.17, 15) is 9.59 Å². The number of pyridine rings is 1. The lowest BCUT2D eigenvalue weighted by Gasteiger charge is -2.32. The summed E-state index contributed by atoms with van der Waals surface area (Å²) in [6.07, 6.45) is 5.12.